The Morgan fingerprint density at radius 1 is 1.14 bits per heavy atom. The van der Waals surface area contributed by atoms with Gasteiger partial charge >= 0.3 is 6.03 Å². The Kier molecular flexibility index (Phi) is 5.60. The lowest BCUT2D eigenvalue weighted by Crippen LogP contribution is -2.50. The standard InChI is InChI=1S/C23H27N5O/c1-23(21-9-3-2-4-10-21)11-6-12-27(16-23)22(29)25-14-19-7-5-8-20(13-19)15-28-18-24-17-26-28/h2-5,7-10,13,17-18H,6,11-12,14-16H2,1H3,(H,25,29)/t23-/m1/s1. The summed E-state index contributed by atoms with van der Waals surface area (Å²) in [6.45, 7) is 5.00. The average Bonchev–Trinajstić information content (AvgIpc) is 3.26. The number of nitrogens with zero attached hydrogens (tertiary/aromatic N) is 4. The topological polar surface area (TPSA) is 63.1 Å². The second-order valence-corrected chi connectivity index (χ2v) is 8.02. The van der Waals surface area contributed by atoms with E-state index >= 15 is 0 Å². The second-order valence-electron chi connectivity index (χ2n) is 8.02. The molecule has 1 fully saturated rings. The summed E-state index contributed by atoms with van der Waals surface area (Å²) in [5.74, 6) is 0. The van der Waals surface area contributed by atoms with Crippen LogP contribution in [0.25, 0.3) is 0 Å². The van der Waals surface area contributed by atoms with Crippen LogP contribution in [-0.2, 0) is 18.5 Å². The van der Waals surface area contributed by atoms with Crippen molar-refractivity contribution in [3.8, 4) is 0 Å². The van der Waals surface area contributed by atoms with E-state index in [4.69, 9.17) is 0 Å². The molecule has 4 rings (SSSR count). The Balaban J connectivity index is 1.36. The van der Waals surface area contributed by atoms with Crippen LogP contribution in [-0.4, -0.2) is 38.8 Å². The molecule has 0 aliphatic carbocycles. The maximum atomic E-state index is 12.8. The van der Waals surface area contributed by atoms with Crippen molar-refractivity contribution >= 4 is 6.03 Å². The molecule has 1 aliphatic rings. The van der Waals surface area contributed by atoms with Crippen LogP contribution in [0.3, 0.4) is 0 Å². The van der Waals surface area contributed by atoms with E-state index in [0.29, 0.717) is 13.1 Å². The van der Waals surface area contributed by atoms with Gasteiger partial charge in [0.2, 0.25) is 0 Å². The number of rotatable bonds is 5. The van der Waals surface area contributed by atoms with Crippen molar-refractivity contribution < 1.29 is 4.79 Å². The van der Waals surface area contributed by atoms with Crippen LogP contribution in [0, 0.1) is 0 Å². The summed E-state index contributed by atoms with van der Waals surface area (Å²) in [6, 6.07) is 18.7. The molecule has 1 saturated heterocycles. The van der Waals surface area contributed by atoms with Gasteiger partial charge in [-0.3, -0.25) is 0 Å². The van der Waals surface area contributed by atoms with Crippen molar-refractivity contribution in [3.63, 3.8) is 0 Å². The molecule has 1 atom stereocenters. The van der Waals surface area contributed by atoms with Gasteiger partial charge in [0, 0.05) is 25.0 Å². The first-order valence-electron chi connectivity index (χ1n) is 10.1. The monoisotopic (exact) mass is 389 g/mol. The molecule has 6 heteroatoms. The molecule has 0 unspecified atom stereocenters. The van der Waals surface area contributed by atoms with Gasteiger partial charge in [-0.25, -0.2) is 14.5 Å². The van der Waals surface area contributed by atoms with E-state index in [2.05, 4.69) is 58.7 Å². The minimum atomic E-state index is 0.00790. The number of amides is 2. The molecule has 3 aromatic rings. The number of urea groups is 1. The van der Waals surface area contributed by atoms with E-state index in [9.17, 15) is 4.79 Å². The van der Waals surface area contributed by atoms with Crippen LogP contribution in [0.1, 0.15) is 36.5 Å². The first-order chi connectivity index (χ1) is 14.1. The molecule has 2 aromatic carbocycles. The number of aromatic nitrogens is 3. The SMILES string of the molecule is C[C@@]1(c2ccccc2)CCCN(C(=O)NCc2cccc(Cn3cncn3)c2)C1. The highest BCUT2D eigenvalue weighted by Gasteiger charge is 2.34. The van der Waals surface area contributed by atoms with E-state index in [1.165, 1.54) is 11.9 Å². The number of piperidine rings is 1. The molecule has 2 heterocycles. The molecule has 1 aromatic heterocycles. The van der Waals surface area contributed by atoms with E-state index < -0.39 is 0 Å². The summed E-state index contributed by atoms with van der Waals surface area (Å²) in [7, 11) is 0. The van der Waals surface area contributed by atoms with Crippen LogP contribution >= 0.6 is 0 Å². The lowest BCUT2D eigenvalue weighted by Gasteiger charge is -2.41. The zero-order chi connectivity index (χ0) is 20.1. The average molecular weight is 390 g/mol. The number of likely N-dealkylation sites (tertiary alicyclic amines) is 1. The van der Waals surface area contributed by atoms with Crippen molar-refractivity contribution in [2.75, 3.05) is 13.1 Å². The summed E-state index contributed by atoms with van der Waals surface area (Å²) in [5, 5.41) is 7.24. The number of carbonyl (C=O) groups is 1. The lowest BCUT2D eigenvalue weighted by atomic mass is 9.76. The molecule has 29 heavy (non-hydrogen) atoms. The summed E-state index contributed by atoms with van der Waals surface area (Å²) in [5.41, 5.74) is 3.53. The third-order valence-electron chi connectivity index (χ3n) is 5.70. The van der Waals surface area contributed by atoms with Crippen molar-refractivity contribution in [3.05, 3.63) is 83.9 Å². The van der Waals surface area contributed by atoms with Crippen molar-refractivity contribution in [2.45, 2.75) is 38.3 Å². The Labute approximate surface area is 171 Å². The Morgan fingerprint density at radius 3 is 2.76 bits per heavy atom. The second kappa shape index (κ2) is 8.47. The van der Waals surface area contributed by atoms with Crippen molar-refractivity contribution in [2.24, 2.45) is 0 Å². The van der Waals surface area contributed by atoms with E-state index in [0.717, 1.165) is 37.1 Å². The van der Waals surface area contributed by atoms with Gasteiger partial charge in [0.25, 0.3) is 0 Å². The van der Waals surface area contributed by atoms with Gasteiger partial charge in [0.15, 0.2) is 0 Å². The minimum absolute atomic E-state index is 0.00790. The summed E-state index contributed by atoms with van der Waals surface area (Å²) >= 11 is 0. The number of carbonyl (C=O) groups excluding carboxylic acids is 1. The van der Waals surface area contributed by atoms with Crippen LogP contribution in [0.4, 0.5) is 4.79 Å². The highest BCUT2D eigenvalue weighted by Crippen LogP contribution is 2.33. The number of hydrogen-bond acceptors (Lipinski definition) is 3. The van der Waals surface area contributed by atoms with Crippen LogP contribution in [0.2, 0.25) is 0 Å². The van der Waals surface area contributed by atoms with Gasteiger partial charge in [-0.15, -0.1) is 0 Å². The molecule has 150 valence electrons. The smallest absolute Gasteiger partial charge is 0.317 e. The predicted molar refractivity (Wildman–Crippen MR) is 112 cm³/mol. The molecule has 0 spiro atoms. The highest BCUT2D eigenvalue weighted by molar-refractivity contribution is 5.74. The van der Waals surface area contributed by atoms with Crippen molar-refractivity contribution in [1.82, 2.24) is 25.0 Å². The fraction of sp³-hybridized carbons (Fsp3) is 0.348. The Hall–Kier alpha value is -3.15. The van der Waals surface area contributed by atoms with Gasteiger partial charge < -0.3 is 10.2 Å². The van der Waals surface area contributed by atoms with E-state index in [1.54, 1.807) is 11.0 Å². The third kappa shape index (κ3) is 4.65. The summed E-state index contributed by atoms with van der Waals surface area (Å²) in [4.78, 5) is 18.8. The van der Waals surface area contributed by atoms with Crippen LogP contribution < -0.4 is 5.32 Å². The molecule has 0 bridgehead atoms. The molecule has 1 N–H and O–H groups in total. The van der Waals surface area contributed by atoms with Gasteiger partial charge in [-0.1, -0.05) is 61.5 Å². The number of benzene rings is 2. The van der Waals surface area contributed by atoms with Crippen molar-refractivity contribution in [1.29, 1.82) is 0 Å². The molecule has 1 aliphatic heterocycles. The molecular formula is C23H27N5O. The van der Waals surface area contributed by atoms with Gasteiger partial charge in [-0.2, -0.15) is 5.10 Å². The minimum Gasteiger partial charge on any atom is -0.334 e. The quantitative estimate of drug-likeness (QED) is 0.725. The Morgan fingerprint density at radius 2 is 1.97 bits per heavy atom. The highest BCUT2D eigenvalue weighted by atomic mass is 16.2. The van der Waals surface area contributed by atoms with E-state index in [1.807, 2.05) is 23.1 Å². The third-order valence-corrected chi connectivity index (χ3v) is 5.70. The molecular weight excluding hydrogens is 362 g/mol. The van der Waals surface area contributed by atoms with E-state index in [-0.39, 0.29) is 11.4 Å². The maximum Gasteiger partial charge on any atom is 0.317 e. The zero-order valence-corrected chi connectivity index (χ0v) is 16.8. The largest absolute Gasteiger partial charge is 0.334 e. The maximum absolute atomic E-state index is 12.8. The first kappa shape index (κ1) is 19.2. The normalized spacial score (nSPS) is 19.1. The fourth-order valence-corrected chi connectivity index (χ4v) is 4.12. The molecule has 6 nitrogen and oxygen atoms in total. The molecule has 2 amide bonds. The zero-order valence-electron chi connectivity index (χ0n) is 16.8. The van der Waals surface area contributed by atoms with Gasteiger partial charge in [0.1, 0.15) is 12.7 Å². The number of nitrogens with one attached hydrogen (secondary N) is 1. The number of hydrogen-bond donors (Lipinski definition) is 1. The van der Waals surface area contributed by atoms with Gasteiger partial charge in [0.05, 0.1) is 6.54 Å². The summed E-state index contributed by atoms with van der Waals surface area (Å²) < 4.78 is 1.79. The molecule has 0 radical (unpaired) electrons. The molecule has 0 saturated carbocycles. The van der Waals surface area contributed by atoms with Crippen LogP contribution in [0.15, 0.2) is 67.3 Å². The first-order valence-corrected chi connectivity index (χ1v) is 10.1. The lowest BCUT2D eigenvalue weighted by molar-refractivity contribution is 0.155. The predicted octanol–water partition coefficient (Wildman–Crippen LogP) is 3.59. The van der Waals surface area contributed by atoms with Gasteiger partial charge in [-0.05, 0) is 29.5 Å². The Bertz CT molecular complexity index is 941. The fourth-order valence-electron chi connectivity index (χ4n) is 4.12. The summed E-state index contributed by atoms with van der Waals surface area (Å²) in [6.07, 6.45) is 5.36. The van der Waals surface area contributed by atoms with Crippen LogP contribution in [0.5, 0.6) is 0 Å².